The number of esters is 3. The van der Waals surface area contributed by atoms with Crippen molar-refractivity contribution in [2.45, 2.75) is 277 Å². The number of hydrogen-bond acceptors (Lipinski definition) is 10. The lowest BCUT2D eigenvalue weighted by atomic mass is 10.0. The molecule has 0 aromatic heterocycles. The van der Waals surface area contributed by atoms with E-state index in [2.05, 4.69) is 45.1 Å². The van der Waals surface area contributed by atoms with Crippen LogP contribution in [0.4, 0.5) is 0 Å². The molecule has 0 rings (SSSR count). The average Bonchev–Trinajstić information content (AvgIpc) is 3.30. The number of allylic oxidation sites excluding steroid dienone is 4. The van der Waals surface area contributed by atoms with Gasteiger partial charge < -0.3 is 24.2 Å². The average molecular weight is 957 g/mol. The third kappa shape index (κ3) is 47.0. The summed E-state index contributed by atoms with van der Waals surface area (Å²) in [4.78, 5) is 48.3. The molecular weight excluding hydrogens is 856 g/mol. The minimum atomic E-state index is -4.73. The summed E-state index contributed by atoms with van der Waals surface area (Å²) in [5.74, 6) is -1.46. The maximum atomic E-state index is 12.9. The van der Waals surface area contributed by atoms with Crippen LogP contribution in [-0.2, 0) is 42.2 Å². The Balaban J connectivity index is 4.72. The van der Waals surface area contributed by atoms with Crippen molar-refractivity contribution in [3.05, 3.63) is 24.3 Å². The van der Waals surface area contributed by atoms with Crippen molar-refractivity contribution in [2.75, 3.05) is 26.4 Å². The van der Waals surface area contributed by atoms with E-state index in [0.717, 1.165) is 83.5 Å². The van der Waals surface area contributed by atoms with Crippen LogP contribution >= 0.6 is 7.82 Å². The maximum absolute atomic E-state index is 12.9. The van der Waals surface area contributed by atoms with Gasteiger partial charge in [-0.2, -0.15) is 0 Å². The van der Waals surface area contributed by atoms with Crippen molar-refractivity contribution >= 4 is 25.7 Å². The van der Waals surface area contributed by atoms with E-state index in [9.17, 15) is 28.9 Å². The Hall–Kier alpha value is -2.04. The normalized spacial score (nSPS) is 13.6. The zero-order valence-corrected chi connectivity index (χ0v) is 43.6. The largest absolute Gasteiger partial charge is 0.472 e. The van der Waals surface area contributed by atoms with Crippen molar-refractivity contribution in [2.24, 2.45) is 0 Å². The molecular formula is C54H101O11P. The molecule has 0 aromatic rings. The first kappa shape index (κ1) is 64.0. The predicted molar refractivity (Wildman–Crippen MR) is 270 cm³/mol. The molecule has 388 valence electrons. The van der Waals surface area contributed by atoms with Crippen molar-refractivity contribution in [3.8, 4) is 0 Å². The minimum absolute atomic E-state index is 0.171. The summed E-state index contributed by atoms with van der Waals surface area (Å²) in [5, 5.41) is 9.77. The molecule has 66 heavy (non-hydrogen) atoms. The molecule has 3 unspecified atom stereocenters. The highest BCUT2D eigenvalue weighted by Gasteiger charge is 2.28. The molecule has 2 N–H and O–H groups in total. The lowest BCUT2D eigenvalue weighted by Gasteiger charge is -2.21. The lowest BCUT2D eigenvalue weighted by molar-refractivity contribution is -0.161. The molecule has 3 atom stereocenters. The molecule has 0 saturated heterocycles. The summed E-state index contributed by atoms with van der Waals surface area (Å²) < 4.78 is 39.4. The zero-order chi connectivity index (χ0) is 48.4. The van der Waals surface area contributed by atoms with Crippen LogP contribution in [0.3, 0.4) is 0 Å². The second-order valence-corrected chi connectivity index (χ2v) is 19.9. The smallest absolute Gasteiger partial charge is 0.462 e. The van der Waals surface area contributed by atoms with Crippen LogP contribution in [0.5, 0.6) is 0 Å². The first-order valence-corrected chi connectivity index (χ1v) is 28.7. The molecule has 0 heterocycles. The number of carbonyl (C=O) groups is 3. The van der Waals surface area contributed by atoms with Gasteiger partial charge in [0.05, 0.1) is 19.8 Å². The Labute approximate surface area is 404 Å². The van der Waals surface area contributed by atoms with Gasteiger partial charge in [0.2, 0.25) is 0 Å². The van der Waals surface area contributed by atoms with E-state index in [4.69, 9.17) is 23.3 Å². The van der Waals surface area contributed by atoms with Gasteiger partial charge in [0.1, 0.15) is 12.7 Å². The van der Waals surface area contributed by atoms with Crippen LogP contribution < -0.4 is 0 Å². The van der Waals surface area contributed by atoms with Gasteiger partial charge in [0, 0.05) is 19.3 Å². The van der Waals surface area contributed by atoms with Crippen LogP contribution in [0.2, 0.25) is 0 Å². The molecule has 0 aromatic carbocycles. The lowest BCUT2D eigenvalue weighted by Crippen LogP contribution is -2.30. The maximum Gasteiger partial charge on any atom is 0.472 e. The Morgan fingerprint density at radius 1 is 0.424 bits per heavy atom. The van der Waals surface area contributed by atoms with Crippen molar-refractivity contribution in [1.82, 2.24) is 0 Å². The summed E-state index contributed by atoms with van der Waals surface area (Å²) in [5.41, 5.74) is 0. The fraction of sp³-hybridized carbons (Fsp3) is 0.870. The van der Waals surface area contributed by atoms with Gasteiger partial charge in [-0.05, 0) is 44.9 Å². The van der Waals surface area contributed by atoms with Gasteiger partial charge in [-0.15, -0.1) is 0 Å². The molecule has 12 heteroatoms. The van der Waals surface area contributed by atoms with Crippen molar-refractivity contribution in [1.29, 1.82) is 0 Å². The summed E-state index contributed by atoms with van der Waals surface area (Å²) in [6, 6.07) is 0. The molecule has 11 nitrogen and oxygen atoms in total. The number of phosphoric acid groups is 1. The Bertz CT molecular complexity index is 1210. The third-order valence-electron chi connectivity index (χ3n) is 11.9. The van der Waals surface area contributed by atoms with Crippen molar-refractivity contribution in [3.63, 3.8) is 0 Å². The van der Waals surface area contributed by atoms with Crippen LogP contribution in [-0.4, -0.2) is 66.5 Å². The molecule has 0 aliphatic rings. The van der Waals surface area contributed by atoms with E-state index in [0.29, 0.717) is 19.3 Å². The van der Waals surface area contributed by atoms with Gasteiger partial charge in [-0.1, -0.05) is 225 Å². The second kappa shape index (κ2) is 49.4. The molecule has 0 saturated carbocycles. The number of ether oxygens (including phenoxy) is 3. The fourth-order valence-corrected chi connectivity index (χ4v) is 8.47. The molecule has 0 amide bonds. The van der Waals surface area contributed by atoms with Crippen LogP contribution in [0.1, 0.15) is 265 Å². The van der Waals surface area contributed by atoms with Gasteiger partial charge in [0.15, 0.2) is 6.10 Å². The molecule has 0 aliphatic heterocycles. The number of rotatable bonds is 51. The summed E-state index contributed by atoms with van der Waals surface area (Å²) >= 11 is 0. The first-order chi connectivity index (χ1) is 32.2. The highest BCUT2D eigenvalue weighted by molar-refractivity contribution is 7.47. The molecule has 0 radical (unpaired) electrons. The van der Waals surface area contributed by atoms with E-state index in [-0.39, 0.29) is 25.9 Å². The molecule has 0 spiro atoms. The van der Waals surface area contributed by atoms with E-state index in [1.54, 1.807) is 0 Å². The molecule has 0 fully saturated rings. The highest BCUT2D eigenvalue weighted by atomic mass is 31.2. The zero-order valence-electron chi connectivity index (χ0n) is 42.7. The SMILES string of the molecule is CCC/C=C\C/C=C\CCCCCCCC(=O)OCC(COP(=O)(O)OCC(CO)OC(=O)CCCCCCCCCCCCC)OC(=O)CCCCCCCCCCCCCCCCC. The summed E-state index contributed by atoms with van der Waals surface area (Å²) in [6.07, 6.45) is 47.1. The number of phosphoric ester groups is 1. The van der Waals surface area contributed by atoms with E-state index in [1.165, 1.54) is 122 Å². The number of unbranched alkanes of at least 4 members (excludes halogenated alkanes) is 30. The molecule has 0 aliphatic carbocycles. The number of carbonyl (C=O) groups excluding carboxylic acids is 3. The number of aliphatic hydroxyl groups is 1. The topological polar surface area (TPSA) is 155 Å². The molecule has 0 bridgehead atoms. The Morgan fingerprint density at radius 3 is 1.18 bits per heavy atom. The quantitative estimate of drug-likeness (QED) is 0.0197. The van der Waals surface area contributed by atoms with Gasteiger partial charge in [-0.25, -0.2) is 4.57 Å². The summed E-state index contributed by atoms with van der Waals surface area (Å²) in [7, 11) is -4.73. The minimum Gasteiger partial charge on any atom is -0.462 e. The predicted octanol–water partition coefficient (Wildman–Crippen LogP) is 15.5. The summed E-state index contributed by atoms with van der Waals surface area (Å²) in [6.45, 7) is 4.58. The van der Waals surface area contributed by atoms with Crippen LogP contribution in [0, 0.1) is 0 Å². The third-order valence-corrected chi connectivity index (χ3v) is 12.8. The van der Waals surface area contributed by atoms with E-state index in [1.807, 2.05) is 0 Å². The Kier molecular flexibility index (Phi) is 47.9. The van der Waals surface area contributed by atoms with Gasteiger partial charge in [-0.3, -0.25) is 23.4 Å². The standard InChI is InChI=1S/C54H101O11P/c1-4-7-10-13-16-19-22-24-25-27-30-33-36-39-42-45-54(58)65-51(47-61-52(56)43-40-37-34-31-29-26-23-20-17-14-11-8-5-2)49-63-66(59,60)62-48-50(46-55)64-53(57)44-41-38-35-32-28-21-18-15-12-9-6-3/h11,14,20,23,50-51,55H,4-10,12-13,15-19,21-22,24-49H2,1-3H3,(H,59,60)/b14-11-,23-20-. The first-order valence-electron chi connectivity index (χ1n) is 27.2. The highest BCUT2D eigenvalue weighted by Crippen LogP contribution is 2.43. The monoisotopic (exact) mass is 957 g/mol. The van der Waals surface area contributed by atoms with E-state index < -0.39 is 57.8 Å². The van der Waals surface area contributed by atoms with Crippen molar-refractivity contribution < 1.29 is 52.2 Å². The second-order valence-electron chi connectivity index (χ2n) is 18.4. The van der Waals surface area contributed by atoms with Crippen LogP contribution in [0.25, 0.3) is 0 Å². The van der Waals surface area contributed by atoms with Crippen LogP contribution in [0.15, 0.2) is 24.3 Å². The van der Waals surface area contributed by atoms with Gasteiger partial charge in [0.25, 0.3) is 0 Å². The number of aliphatic hydroxyl groups excluding tert-OH is 1. The number of hydrogen-bond donors (Lipinski definition) is 2. The fourth-order valence-electron chi connectivity index (χ4n) is 7.69. The van der Waals surface area contributed by atoms with Gasteiger partial charge >= 0.3 is 25.7 Å². The van der Waals surface area contributed by atoms with E-state index >= 15 is 0 Å². The Morgan fingerprint density at radius 2 is 0.773 bits per heavy atom.